The van der Waals surface area contributed by atoms with E-state index in [1.54, 1.807) is 25.4 Å². The largest absolute Gasteiger partial charge is 0.385 e. The Bertz CT molecular complexity index is 629. The minimum absolute atomic E-state index is 0.142. The number of methoxy groups -OCH3 is 1. The zero-order valence-electron chi connectivity index (χ0n) is 12.9. The van der Waals surface area contributed by atoms with Crippen molar-refractivity contribution < 1.29 is 9.53 Å². The van der Waals surface area contributed by atoms with Gasteiger partial charge in [-0.15, -0.1) is 0 Å². The van der Waals surface area contributed by atoms with Crippen molar-refractivity contribution >= 4 is 17.4 Å². The number of aryl methyl sites for hydroxylation is 1. The molecule has 0 saturated carbocycles. The molecule has 0 aliphatic rings. The van der Waals surface area contributed by atoms with Gasteiger partial charge in [0.25, 0.3) is 5.91 Å². The van der Waals surface area contributed by atoms with E-state index in [1.165, 1.54) is 0 Å². The number of hydrogen-bond donors (Lipinski definition) is 2. The Morgan fingerprint density at radius 3 is 2.86 bits per heavy atom. The van der Waals surface area contributed by atoms with E-state index in [-0.39, 0.29) is 5.91 Å². The third-order valence-electron chi connectivity index (χ3n) is 3.25. The predicted molar refractivity (Wildman–Crippen MR) is 88.4 cm³/mol. The monoisotopic (exact) mass is 299 g/mol. The Balaban J connectivity index is 1.99. The molecule has 22 heavy (non-hydrogen) atoms. The molecule has 0 aliphatic carbocycles. The molecule has 0 aliphatic heterocycles. The summed E-state index contributed by atoms with van der Waals surface area (Å²) in [7, 11) is 1.68. The summed E-state index contributed by atoms with van der Waals surface area (Å²) in [6, 6.07) is 11.1. The van der Waals surface area contributed by atoms with Gasteiger partial charge in [0.15, 0.2) is 0 Å². The first-order chi connectivity index (χ1) is 10.7. The second kappa shape index (κ2) is 8.14. The summed E-state index contributed by atoms with van der Waals surface area (Å²) < 4.78 is 4.99. The molecule has 0 spiro atoms. The fourth-order valence-corrected chi connectivity index (χ4v) is 2.01. The number of ether oxygens (including phenoxy) is 1. The number of para-hydroxylation sites is 1. The number of amides is 1. The van der Waals surface area contributed by atoms with Crippen LogP contribution < -0.4 is 10.6 Å². The minimum atomic E-state index is -0.142. The molecule has 5 heteroatoms. The second-order valence-electron chi connectivity index (χ2n) is 4.97. The molecule has 116 valence electrons. The van der Waals surface area contributed by atoms with Gasteiger partial charge in [-0.25, -0.2) is 4.98 Å². The van der Waals surface area contributed by atoms with E-state index in [2.05, 4.69) is 15.6 Å². The highest BCUT2D eigenvalue weighted by Crippen LogP contribution is 2.15. The average molecular weight is 299 g/mol. The summed E-state index contributed by atoms with van der Waals surface area (Å²) >= 11 is 0. The second-order valence-corrected chi connectivity index (χ2v) is 4.97. The van der Waals surface area contributed by atoms with Crippen molar-refractivity contribution in [2.45, 2.75) is 13.3 Å². The topological polar surface area (TPSA) is 63.2 Å². The Hall–Kier alpha value is -2.40. The van der Waals surface area contributed by atoms with Gasteiger partial charge >= 0.3 is 0 Å². The van der Waals surface area contributed by atoms with E-state index in [0.29, 0.717) is 18.0 Å². The van der Waals surface area contributed by atoms with E-state index in [0.717, 1.165) is 24.2 Å². The van der Waals surface area contributed by atoms with Crippen molar-refractivity contribution in [3.8, 4) is 0 Å². The molecule has 0 radical (unpaired) electrons. The van der Waals surface area contributed by atoms with Crippen molar-refractivity contribution in [1.29, 1.82) is 0 Å². The van der Waals surface area contributed by atoms with Crippen LogP contribution in [0, 0.1) is 6.92 Å². The van der Waals surface area contributed by atoms with Crippen LogP contribution in [0.5, 0.6) is 0 Å². The maximum Gasteiger partial charge on any atom is 0.255 e. The van der Waals surface area contributed by atoms with Crippen molar-refractivity contribution in [2.75, 3.05) is 30.9 Å². The number of aromatic nitrogens is 1. The summed E-state index contributed by atoms with van der Waals surface area (Å²) in [6.45, 7) is 3.41. The van der Waals surface area contributed by atoms with Crippen LogP contribution >= 0.6 is 0 Å². The fraction of sp³-hybridized carbons (Fsp3) is 0.294. The molecule has 2 N–H and O–H groups in total. The fourth-order valence-electron chi connectivity index (χ4n) is 2.01. The molecule has 2 aromatic rings. The summed E-state index contributed by atoms with van der Waals surface area (Å²) in [5.41, 5.74) is 2.43. The van der Waals surface area contributed by atoms with Crippen molar-refractivity contribution in [3.63, 3.8) is 0 Å². The number of carbonyl (C=O) groups is 1. The molecule has 0 atom stereocenters. The summed E-state index contributed by atoms with van der Waals surface area (Å²) in [5.74, 6) is 0.546. The van der Waals surface area contributed by atoms with Crippen LogP contribution in [0.15, 0.2) is 42.6 Å². The number of nitrogens with one attached hydrogen (secondary N) is 2. The van der Waals surface area contributed by atoms with Crippen molar-refractivity contribution in [3.05, 3.63) is 53.7 Å². The first kappa shape index (κ1) is 16.0. The normalized spacial score (nSPS) is 10.3. The third kappa shape index (κ3) is 4.56. The van der Waals surface area contributed by atoms with Gasteiger partial charge in [0, 0.05) is 37.7 Å². The number of benzene rings is 1. The highest BCUT2D eigenvalue weighted by molar-refractivity contribution is 6.04. The average Bonchev–Trinajstić information content (AvgIpc) is 2.54. The first-order valence-electron chi connectivity index (χ1n) is 7.26. The standard InChI is InChI=1S/C17H21N3O2/c1-13-6-3-4-7-15(13)20-17(21)14-8-10-19-16(12-14)18-9-5-11-22-2/h3-4,6-8,10,12H,5,9,11H2,1-2H3,(H,18,19)(H,20,21). The van der Waals surface area contributed by atoms with Gasteiger partial charge in [-0.2, -0.15) is 0 Å². The molecule has 1 aromatic heterocycles. The van der Waals surface area contributed by atoms with E-state index in [1.807, 2.05) is 31.2 Å². The van der Waals surface area contributed by atoms with Gasteiger partial charge in [0.2, 0.25) is 0 Å². The van der Waals surface area contributed by atoms with Gasteiger partial charge in [0.05, 0.1) is 0 Å². The first-order valence-corrected chi connectivity index (χ1v) is 7.26. The predicted octanol–water partition coefficient (Wildman–Crippen LogP) is 3.09. The number of hydrogen-bond acceptors (Lipinski definition) is 4. The summed E-state index contributed by atoms with van der Waals surface area (Å²) in [5, 5.41) is 6.09. The minimum Gasteiger partial charge on any atom is -0.385 e. The quantitative estimate of drug-likeness (QED) is 0.771. The number of carbonyl (C=O) groups excluding carboxylic acids is 1. The van der Waals surface area contributed by atoms with E-state index in [9.17, 15) is 4.79 Å². The maximum absolute atomic E-state index is 12.3. The van der Waals surface area contributed by atoms with Crippen LogP contribution in [-0.4, -0.2) is 31.2 Å². The van der Waals surface area contributed by atoms with Crippen LogP contribution in [-0.2, 0) is 4.74 Å². The van der Waals surface area contributed by atoms with Crippen LogP contribution in [0.3, 0.4) is 0 Å². The van der Waals surface area contributed by atoms with Crippen molar-refractivity contribution in [1.82, 2.24) is 4.98 Å². The van der Waals surface area contributed by atoms with Gasteiger partial charge in [-0.3, -0.25) is 4.79 Å². The lowest BCUT2D eigenvalue weighted by Crippen LogP contribution is -2.14. The molecule has 5 nitrogen and oxygen atoms in total. The highest BCUT2D eigenvalue weighted by Gasteiger charge is 2.08. The lowest BCUT2D eigenvalue weighted by Gasteiger charge is -2.09. The van der Waals surface area contributed by atoms with Gasteiger partial charge in [-0.1, -0.05) is 18.2 Å². The molecular weight excluding hydrogens is 278 g/mol. The summed E-state index contributed by atoms with van der Waals surface area (Å²) in [6.07, 6.45) is 2.52. The third-order valence-corrected chi connectivity index (χ3v) is 3.25. The van der Waals surface area contributed by atoms with Crippen LogP contribution in [0.2, 0.25) is 0 Å². The number of anilines is 2. The molecular formula is C17H21N3O2. The Kier molecular flexibility index (Phi) is 5.91. The van der Waals surface area contributed by atoms with Gasteiger partial charge in [-0.05, 0) is 37.1 Å². The molecule has 1 aromatic carbocycles. The molecule has 2 rings (SSSR count). The van der Waals surface area contributed by atoms with E-state index in [4.69, 9.17) is 4.74 Å². The summed E-state index contributed by atoms with van der Waals surface area (Å²) in [4.78, 5) is 16.5. The zero-order chi connectivity index (χ0) is 15.8. The Labute approximate surface area is 130 Å². The Morgan fingerprint density at radius 1 is 1.27 bits per heavy atom. The lowest BCUT2D eigenvalue weighted by atomic mass is 10.2. The van der Waals surface area contributed by atoms with Gasteiger partial charge < -0.3 is 15.4 Å². The smallest absolute Gasteiger partial charge is 0.255 e. The zero-order valence-corrected chi connectivity index (χ0v) is 12.9. The molecule has 0 fully saturated rings. The SMILES string of the molecule is COCCCNc1cc(C(=O)Nc2ccccc2C)ccn1. The van der Waals surface area contributed by atoms with Crippen LogP contribution in [0.4, 0.5) is 11.5 Å². The molecule has 1 heterocycles. The molecule has 1 amide bonds. The van der Waals surface area contributed by atoms with Gasteiger partial charge in [0.1, 0.15) is 5.82 Å². The molecule has 0 bridgehead atoms. The number of nitrogens with zero attached hydrogens (tertiary/aromatic N) is 1. The number of rotatable bonds is 7. The maximum atomic E-state index is 12.3. The van der Waals surface area contributed by atoms with Crippen LogP contribution in [0.25, 0.3) is 0 Å². The van der Waals surface area contributed by atoms with Crippen molar-refractivity contribution in [2.24, 2.45) is 0 Å². The lowest BCUT2D eigenvalue weighted by molar-refractivity contribution is 0.102. The van der Waals surface area contributed by atoms with E-state index < -0.39 is 0 Å². The van der Waals surface area contributed by atoms with Crippen LogP contribution in [0.1, 0.15) is 22.3 Å². The number of pyridine rings is 1. The highest BCUT2D eigenvalue weighted by atomic mass is 16.5. The Morgan fingerprint density at radius 2 is 2.09 bits per heavy atom. The molecule has 0 unspecified atom stereocenters. The van der Waals surface area contributed by atoms with E-state index >= 15 is 0 Å². The molecule has 0 saturated heterocycles.